The van der Waals surface area contributed by atoms with Crippen molar-refractivity contribution < 1.29 is 15.0 Å². The molecule has 0 atom stereocenters. The molecule has 154 valence electrons. The molecule has 0 saturated carbocycles. The largest absolute Gasteiger partial charge is 0.512 e. The molecule has 30 heavy (non-hydrogen) atoms. The standard InChI is InChI=1S/C26H26O.CH2O2/c1-2-19-11-7-9-18-24(27)26(25(19)21-13-4-3-5-14-21)23-17-10-15-20-12-6-8-16-22(20)23;2-1-3/h3-6,8,10,12-17,27H,2,7,9,11,18H2,1H3;1H,(H,2,3)/b25-19+,26-24-;. The fraction of sp³-hybridized carbons (Fsp3) is 0.222. The highest BCUT2D eigenvalue weighted by atomic mass is 16.3. The van der Waals surface area contributed by atoms with Crippen LogP contribution >= 0.6 is 0 Å². The first-order valence-corrected chi connectivity index (χ1v) is 10.5. The number of aliphatic hydroxyl groups excluding tert-OH is 1. The quantitative estimate of drug-likeness (QED) is 0.455. The van der Waals surface area contributed by atoms with Gasteiger partial charge < -0.3 is 10.2 Å². The van der Waals surface area contributed by atoms with Gasteiger partial charge in [0, 0.05) is 12.0 Å². The van der Waals surface area contributed by atoms with Crippen molar-refractivity contribution in [2.75, 3.05) is 0 Å². The van der Waals surface area contributed by atoms with Gasteiger partial charge in [0.1, 0.15) is 5.76 Å². The summed E-state index contributed by atoms with van der Waals surface area (Å²) in [5.74, 6) is 0.524. The number of allylic oxidation sites excluding steroid dienone is 4. The van der Waals surface area contributed by atoms with E-state index in [0.29, 0.717) is 5.76 Å². The molecule has 3 heteroatoms. The number of benzene rings is 3. The number of carboxylic acid groups (broad SMARTS) is 1. The van der Waals surface area contributed by atoms with Crippen LogP contribution in [0.15, 0.2) is 84.1 Å². The van der Waals surface area contributed by atoms with Gasteiger partial charge in [-0.15, -0.1) is 0 Å². The molecular weight excluding hydrogens is 372 g/mol. The van der Waals surface area contributed by atoms with E-state index in [-0.39, 0.29) is 6.47 Å². The van der Waals surface area contributed by atoms with Gasteiger partial charge in [-0.1, -0.05) is 85.3 Å². The van der Waals surface area contributed by atoms with Gasteiger partial charge in [0.25, 0.3) is 6.47 Å². The fourth-order valence-corrected chi connectivity index (χ4v) is 4.24. The van der Waals surface area contributed by atoms with Crippen LogP contribution in [0.25, 0.3) is 21.9 Å². The molecule has 0 amide bonds. The number of hydrogen-bond donors (Lipinski definition) is 2. The topological polar surface area (TPSA) is 57.5 Å². The minimum atomic E-state index is -0.250. The van der Waals surface area contributed by atoms with Gasteiger partial charge >= 0.3 is 0 Å². The van der Waals surface area contributed by atoms with Crippen molar-refractivity contribution >= 4 is 28.4 Å². The van der Waals surface area contributed by atoms with E-state index in [1.54, 1.807) is 0 Å². The van der Waals surface area contributed by atoms with Crippen LogP contribution < -0.4 is 0 Å². The summed E-state index contributed by atoms with van der Waals surface area (Å²) in [7, 11) is 0. The van der Waals surface area contributed by atoms with E-state index < -0.39 is 0 Å². The van der Waals surface area contributed by atoms with Gasteiger partial charge in [-0.2, -0.15) is 0 Å². The molecule has 0 heterocycles. The summed E-state index contributed by atoms with van der Waals surface area (Å²) in [6.45, 7) is 1.98. The van der Waals surface area contributed by atoms with Crippen LogP contribution in [0.2, 0.25) is 0 Å². The van der Waals surface area contributed by atoms with Crippen molar-refractivity contribution in [3.8, 4) is 0 Å². The Hall–Kier alpha value is -3.33. The lowest BCUT2D eigenvalue weighted by molar-refractivity contribution is -0.122. The molecule has 3 nitrogen and oxygen atoms in total. The van der Waals surface area contributed by atoms with Gasteiger partial charge in [-0.25, -0.2) is 0 Å². The third-order valence-corrected chi connectivity index (χ3v) is 5.58. The van der Waals surface area contributed by atoms with Crippen molar-refractivity contribution in [2.45, 2.75) is 39.0 Å². The van der Waals surface area contributed by atoms with E-state index in [1.165, 1.54) is 27.5 Å². The van der Waals surface area contributed by atoms with Crippen LogP contribution in [0.1, 0.15) is 50.2 Å². The minimum Gasteiger partial charge on any atom is -0.512 e. The Morgan fingerprint density at radius 2 is 1.47 bits per heavy atom. The molecule has 4 rings (SSSR count). The molecule has 0 bridgehead atoms. The molecule has 1 aliphatic rings. The third-order valence-electron chi connectivity index (χ3n) is 5.58. The summed E-state index contributed by atoms with van der Waals surface area (Å²) in [6.07, 6.45) is 5.01. The van der Waals surface area contributed by atoms with Crippen molar-refractivity contribution in [3.05, 3.63) is 95.3 Å². The zero-order valence-electron chi connectivity index (χ0n) is 17.3. The summed E-state index contributed by atoms with van der Waals surface area (Å²) in [6, 6.07) is 25.4. The zero-order chi connectivity index (χ0) is 21.3. The molecule has 0 unspecified atom stereocenters. The highest BCUT2D eigenvalue weighted by Gasteiger charge is 2.22. The first-order chi connectivity index (χ1) is 14.7. The second kappa shape index (κ2) is 10.4. The normalized spacial score (nSPS) is 19.4. The first kappa shape index (κ1) is 21.4. The maximum Gasteiger partial charge on any atom is 0.290 e. The molecule has 0 aromatic heterocycles. The highest BCUT2D eigenvalue weighted by molar-refractivity contribution is 6.12. The van der Waals surface area contributed by atoms with E-state index in [1.807, 2.05) is 0 Å². The molecule has 2 N–H and O–H groups in total. The Morgan fingerprint density at radius 1 is 0.833 bits per heavy atom. The van der Waals surface area contributed by atoms with Crippen LogP contribution in [0.4, 0.5) is 0 Å². The number of fused-ring (bicyclic) bond motifs is 1. The Labute approximate surface area is 178 Å². The third kappa shape index (κ3) is 4.62. The second-order valence-electron chi connectivity index (χ2n) is 7.36. The molecule has 0 aliphatic heterocycles. The minimum absolute atomic E-state index is 0.250. The van der Waals surface area contributed by atoms with Gasteiger partial charge in [0.15, 0.2) is 0 Å². The monoisotopic (exact) mass is 400 g/mol. The predicted octanol–water partition coefficient (Wildman–Crippen LogP) is 7.25. The molecule has 1 aliphatic carbocycles. The van der Waals surface area contributed by atoms with Crippen LogP contribution in [0.5, 0.6) is 0 Å². The van der Waals surface area contributed by atoms with E-state index in [2.05, 4.69) is 79.7 Å². The summed E-state index contributed by atoms with van der Waals surface area (Å²) >= 11 is 0. The predicted molar refractivity (Wildman–Crippen MR) is 124 cm³/mol. The molecule has 0 saturated heterocycles. The smallest absolute Gasteiger partial charge is 0.290 e. The fourth-order valence-electron chi connectivity index (χ4n) is 4.24. The molecule has 0 spiro atoms. The number of rotatable bonds is 3. The second-order valence-corrected chi connectivity index (χ2v) is 7.36. The van der Waals surface area contributed by atoms with Crippen LogP contribution in [0, 0.1) is 0 Å². The lowest BCUT2D eigenvalue weighted by Crippen LogP contribution is -2.04. The summed E-state index contributed by atoms with van der Waals surface area (Å²) in [4.78, 5) is 8.36. The van der Waals surface area contributed by atoms with Crippen LogP contribution in [-0.4, -0.2) is 16.7 Å². The Morgan fingerprint density at radius 3 is 2.20 bits per heavy atom. The van der Waals surface area contributed by atoms with E-state index >= 15 is 0 Å². The Balaban J connectivity index is 0.000000806. The Kier molecular flexibility index (Phi) is 7.45. The van der Waals surface area contributed by atoms with Gasteiger partial charge in [0.05, 0.1) is 0 Å². The summed E-state index contributed by atoms with van der Waals surface area (Å²) in [5, 5.41) is 20.5. The van der Waals surface area contributed by atoms with Gasteiger partial charge in [-0.05, 0) is 53.2 Å². The Bertz CT molecular complexity index is 1060. The number of hydrogen-bond acceptors (Lipinski definition) is 2. The average molecular weight is 401 g/mol. The van der Waals surface area contributed by atoms with Crippen molar-refractivity contribution in [2.24, 2.45) is 0 Å². The molecule has 3 aromatic carbocycles. The summed E-state index contributed by atoms with van der Waals surface area (Å²) in [5.41, 5.74) is 6.03. The van der Waals surface area contributed by atoms with Crippen LogP contribution in [-0.2, 0) is 4.79 Å². The van der Waals surface area contributed by atoms with Gasteiger partial charge in [-0.3, -0.25) is 4.79 Å². The molecule has 3 aromatic rings. The zero-order valence-corrected chi connectivity index (χ0v) is 17.3. The van der Waals surface area contributed by atoms with Gasteiger partial charge in [0.2, 0.25) is 0 Å². The highest BCUT2D eigenvalue weighted by Crippen LogP contribution is 2.42. The molecule has 0 radical (unpaired) electrons. The SMILES string of the molecule is CC/C1=C(c2ccccc2)\C(c2cccc3ccccc23)=C(/O)CCCC1.O=CO. The first-order valence-electron chi connectivity index (χ1n) is 10.5. The van der Waals surface area contributed by atoms with Crippen molar-refractivity contribution in [1.29, 1.82) is 0 Å². The van der Waals surface area contributed by atoms with E-state index in [4.69, 9.17) is 9.90 Å². The summed E-state index contributed by atoms with van der Waals surface area (Å²) < 4.78 is 0. The lowest BCUT2D eigenvalue weighted by atomic mass is 9.81. The molecular formula is C27H28O3. The van der Waals surface area contributed by atoms with Crippen molar-refractivity contribution in [3.63, 3.8) is 0 Å². The van der Waals surface area contributed by atoms with Crippen molar-refractivity contribution in [1.82, 2.24) is 0 Å². The van der Waals surface area contributed by atoms with E-state index in [0.717, 1.165) is 43.2 Å². The maximum atomic E-state index is 11.2. The lowest BCUT2D eigenvalue weighted by Gasteiger charge is -2.23. The maximum absolute atomic E-state index is 11.2. The van der Waals surface area contributed by atoms with Crippen LogP contribution in [0.3, 0.4) is 0 Å². The number of aliphatic hydroxyl groups is 1. The molecule has 0 fully saturated rings. The average Bonchev–Trinajstić information content (AvgIpc) is 2.77. The van der Waals surface area contributed by atoms with E-state index in [9.17, 15) is 5.11 Å². The number of carbonyl (C=O) groups is 1.